The zero-order valence-electron chi connectivity index (χ0n) is 14.8. The van der Waals surface area contributed by atoms with E-state index in [9.17, 15) is 9.90 Å². The second kappa shape index (κ2) is 6.38. The van der Waals surface area contributed by atoms with E-state index in [1.54, 1.807) is 7.05 Å². The predicted molar refractivity (Wildman–Crippen MR) is 103 cm³/mol. The van der Waals surface area contributed by atoms with Gasteiger partial charge in [0.25, 0.3) is 5.91 Å². The van der Waals surface area contributed by atoms with Crippen LogP contribution in [0.2, 0.25) is 0 Å². The quantitative estimate of drug-likeness (QED) is 0.648. The number of nitrogen functional groups attached to an aromatic ring is 1. The molecule has 1 unspecified atom stereocenters. The molecule has 1 aromatic heterocycles. The SMILES string of the molecule is CN1CCC(O)(C#Cc2cccc(-c3ccc4ncnc(N)c4c3)c2)C1=O. The molecule has 1 amide bonds. The van der Waals surface area contributed by atoms with E-state index in [1.165, 1.54) is 11.2 Å². The van der Waals surface area contributed by atoms with Gasteiger partial charge in [-0.25, -0.2) is 9.97 Å². The molecule has 2 heterocycles. The summed E-state index contributed by atoms with van der Waals surface area (Å²) in [5.74, 6) is 5.77. The first kappa shape index (κ1) is 17.0. The number of nitrogens with zero attached hydrogens (tertiary/aromatic N) is 3. The zero-order valence-corrected chi connectivity index (χ0v) is 14.8. The van der Waals surface area contributed by atoms with Crippen LogP contribution in [0.25, 0.3) is 22.0 Å². The summed E-state index contributed by atoms with van der Waals surface area (Å²) in [7, 11) is 1.66. The monoisotopic (exact) mass is 358 g/mol. The first-order valence-electron chi connectivity index (χ1n) is 8.58. The molecule has 134 valence electrons. The summed E-state index contributed by atoms with van der Waals surface area (Å²) >= 11 is 0. The van der Waals surface area contributed by atoms with Crippen molar-refractivity contribution in [2.24, 2.45) is 0 Å². The fourth-order valence-corrected chi connectivity index (χ4v) is 3.18. The minimum absolute atomic E-state index is 0.318. The Morgan fingerprint density at radius 3 is 2.78 bits per heavy atom. The van der Waals surface area contributed by atoms with Gasteiger partial charge in [0.1, 0.15) is 12.1 Å². The molecule has 6 nitrogen and oxygen atoms in total. The first-order chi connectivity index (χ1) is 13.0. The van der Waals surface area contributed by atoms with Gasteiger partial charge in [-0.2, -0.15) is 0 Å². The third kappa shape index (κ3) is 3.09. The Balaban J connectivity index is 1.69. The van der Waals surface area contributed by atoms with Gasteiger partial charge in [0, 0.05) is 31.0 Å². The number of carbonyl (C=O) groups excluding carboxylic acids is 1. The number of rotatable bonds is 1. The van der Waals surface area contributed by atoms with E-state index in [1.807, 2.05) is 42.5 Å². The predicted octanol–water partition coefficient (Wildman–Crippen LogP) is 1.82. The summed E-state index contributed by atoms with van der Waals surface area (Å²) in [6.45, 7) is 0.505. The lowest BCUT2D eigenvalue weighted by molar-refractivity contribution is -0.137. The lowest BCUT2D eigenvalue weighted by Gasteiger charge is -2.13. The molecular formula is C21H18N4O2. The highest BCUT2D eigenvalue weighted by Gasteiger charge is 2.42. The van der Waals surface area contributed by atoms with Gasteiger partial charge < -0.3 is 15.7 Å². The molecule has 0 saturated carbocycles. The molecule has 0 spiro atoms. The number of anilines is 1. The maximum absolute atomic E-state index is 12.0. The average molecular weight is 358 g/mol. The van der Waals surface area contributed by atoms with E-state index in [0.717, 1.165) is 27.6 Å². The summed E-state index contributed by atoms with van der Waals surface area (Å²) in [4.78, 5) is 21.8. The molecule has 1 saturated heterocycles. The van der Waals surface area contributed by atoms with Crippen LogP contribution in [0.3, 0.4) is 0 Å². The Hall–Kier alpha value is -3.43. The zero-order chi connectivity index (χ0) is 19.0. The lowest BCUT2D eigenvalue weighted by atomic mass is 10.00. The van der Waals surface area contributed by atoms with Crippen LogP contribution >= 0.6 is 0 Å². The van der Waals surface area contributed by atoms with E-state index in [0.29, 0.717) is 18.8 Å². The summed E-state index contributed by atoms with van der Waals surface area (Å²) < 4.78 is 0. The summed E-state index contributed by atoms with van der Waals surface area (Å²) in [6.07, 6.45) is 1.76. The van der Waals surface area contributed by atoms with Crippen LogP contribution in [0.1, 0.15) is 12.0 Å². The number of hydrogen-bond acceptors (Lipinski definition) is 5. The van der Waals surface area contributed by atoms with Crippen molar-refractivity contribution in [3.63, 3.8) is 0 Å². The van der Waals surface area contributed by atoms with Crippen molar-refractivity contribution in [3.8, 4) is 23.0 Å². The van der Waals surface area contributed by atoms with Crippen LogP contribution in [0.5, 0.6) is 0 Å². The maximum Gasteiger partial charge on any atom is 0.267 e. The molecule has 1 atom stereocenters. The third-order valence-corrected chi connectivity index (χ3v) is 4.79. The van der Waals surface area contributed by atoms with Gasteiger partial charge >= 0.3 is 0 Å². The van der Waals surface area contributed by atoms with Crippen LogP contribution in [0.15, 0.2) is 48.8 Å². The number of hydrogen-bond donors (Lipinski definition) is 2. The number of aliphatic hydroxyl groups is 1. The minimum Gasteiger partial charge on any atom is -0.383 e. The van der Waals surface area contributed by atoms with Gasteiger partial charge in [-0.05, 0) is 35.4 Å². The molecule has 6 heteroatoms. The number of fused-ring (bicyclic) bond motifs is 1. The van der Waals surface area contributed by atoms with Crippen molar-refractivity contribution < 1.29 is 9.90 Å². The number of benzene rings is 2. The molecule has 1 aliphatic rings. The maximum atomic E-state index is 12.0. The fourth-order valence-electron chi connectivity index (χ4n) is 3.18. The van der Waals surface area contributed by atoms with E-state index < -0.39 is 5.60 Å². The largest absolute Gasteiger partial charge is 0.383 e. The highest BCUT2D eigenvalue weighted by molar-refractivity contribution is 5.92. The van der Waals surface area contributed by atoms with Crippen LogP contribution in [0.4, 0.5) is 5.82 Å². The number of likely N-dealkylation sites (N-methyl/N-ethyl adjacent to an activating group) is 1. The Morgan fingerprint density at radius 1 is 1.19 bits per heavy atom. The number of likely N-dealkylation sites (tertiary alicyclic amines) is 1. The molecular weight excluding hydrogens is 340 g/mol. The molecule has 27 heavy (non-hydrogen) atoms. The minimum atomic E-state index is -1.60. The van der Waals surface area contributed by atoms with Gasteiger partial charge in [-0.1, -0.05) is 30.0 Å². The summed E-state index contributed by atoms with van der Waals surface area (Å²) in [6, 6.07) is 13.4. The van der Waals surface area contributed by atoms with Gasteiger partial charge in [0.2, 0.25) is 5.60 Å². The molecule has 0 radical (unpaired) electrons. The van der Waals surface area contributed by atoms with Gasteiger partial charge in [0.15, 0.2) is 0 Å². The molecule has 3 N–H and O–H groups in total. The van der Waals surface area contributed by atoms with Crippen LogP contribution < -0.4 is 5.73 Å². The van der Waals surface area contributed by atoms with Crippen LogP contribution in [-0.4, -0.2) is 45.1 Å². The van der Waals surface area contributed by atoms with E-state index in [2.05, 4.69) is 21.8 Å². The van der Waals surface area contributed by atoms with Crippen molar-refractivity contribution in [1.82, 2.24) is 14.9 Å². The first-order valence-corrected chi connectivity index (χ1v) is 8.58. The third-order valence-electron chi connectivity index (χ3n) is 4.79. The van der Waals surface area contributed by atoms with E-state index in [-0.39, 0.29) is 5.91 Å². The Bertz CT molecular complexity index is 1120. The Labute approximate surface area is 156 Å². The summed E-state index contributed by atoms with van der Waals surface area (Å²) in [5.41, 5.74) is 7.78. The number of aromatic nitrogens is 2. The Kier molecular flexibility index (Phi) is 4.02. The highest BCUT2D eigenvalue weighted by Crippen LogP contribution is 2.26. The topological polar surface area (TPSA) is 92.3 Å². The van der Waals surface area contributed by atoms with Crippen LogP contribution in [-0.2, 0) is 4.79 Å². The molecule has 4 rings (SSSR count). The number of carbonyl (C=O) groups is 1. The number of nitrogens with two attached hydrogens (primary N) is 1. The Morgan fingerprint density at radius 2 is 2.00 bits per heavy atom. The molecule has 0 aliphatic carbocycles. The summed E-state index contributed by atoms with van der Waals surface area (Å²) in [5, 5.41) is 11.2. The van der Waals surface area contributed by atoms with Gasteiger partial charge in [-0.3, -0.25) is 4.79 Å². The second-order valence-electron chi connectivity index (χ2n) is 6.66. The molecule has 1 fully saturated rings. The van der Waals surface area contributed by atoms with Crippen LogP contribution in [0, 0.1) is 11.8 Å². The smallest absolute Gasteiger partial charge is 0.267 e. The number of amides is 1. The van der Waals surface area contributed by atoms with Crippen molar-refractivity contribution in [2.75, 3.05) is 19.3 Å². The average Bonchev–Trinajstić information content (AvgIpc) is 2.95. The van der Waals surface area contributed by atoms with Crippen molar-refractivity contribution in [1.29, 1.82) is 0 Å². The standard InChI is InChI=1S/C21H18N4O2/c1-25-10-9-21(27,20(25)26)8-7-14-3-2-4-15(11-14)16-5-6-18-17(12-16)19(22)24-13-23-18/h2-6,11-13,27H,9-10H2,1H3,(H2,22,23,24). The molecule has 3 aromatic rings. The lowest BCUT2D eigenvalue weighted by Crippen LogP contribution is -2.37. The normalized spacial score (nSPS) is 19.2. The van der Waals surface area contributed by atoms with E-state index in [4.69, 9.17) is 5.73 Å². The molecule has 0 bridgehead atoms. The highest BCUT2D eigenvalue weighted by atomic mass is 16.3. The van der Waals surface area contributed by atoms with Crippen molar-refractivity contribution >= 4 is 22.6 Å². The molecule has 2 aromatic carbocycles. The molecule has 1 aliphatic heterocycles. The fraction of sp³-hybridized carbons (Fsp3) is 0.190. The van der Waals surface area contributed by atoms with Crippen molar-refractivity contribution in [2.45, 2.75) is 12.0 Å². The van der Waals surface area contributed by atoms with Gasteiger partial charge in [-0.15, -0.1) is 0 Å². The van der Waals surface area contributed by atoms with Crippen molar-refractivity contribution in [3.05, 3.63) is 54.4 Å². The van der Waals surface area contributed by atoms with E-state index >= 15 is 0 Å². The second-order valence-corrected chi connectivity index (χ2v) is 6.66. The van der Waals surface area contributed by atoms with Gasteiger partial charge in [0.05, 0.1) is 5.52 Å².